The summed E-state index contributed by atoms with van der Waals surface area (Å²) in [5, 5.41) is 0. The van der Waals surface area contributed by atoms with Crippen molar-refractivity contribution in [1.29, 1.82) is 0 Å². The number of carbonyl (C=O) groups excluding carboxylic acids is 1. The maximum Gasteiger partial charge on any atom is 0.257 e. The SMILES string of the molecule is CCN(C(=O)c1ccnc(N)c1F)C1CC1. The first-order chi connectivity index (χ1) is 7.65. The zero-order valence-corrected chi connectivity index (χ0v) is 9.11. The molecule has 0 unspecified atom stereocenters. The van der Waals surface area contributed by atoms with Gasteiger partial charge in [0, 0.05) is 18.8 Å². The van der Waals surface area contributed by atoms with Crippen molar-refractivity contribution in [3.05, 3.63) is 23.6 Å². The lowest BCUT2D eigenvalue weighted by atomic mass is 10.2. The smallest absolute Gasteiger partial charge is 0.257 e. The van der Waals surface area contributed by atoms with Gasteiger partial charge in [0.25, 0.3) is 5.91 Å². The van der Waals surface area contributed by atoms with Gasteiger partial charge >= 0.3 is 0 Å². The second-order valence-corrected chi connectivity index (χ2v) is 3.88. The fraction of sp³-hybridized carbons (Fsp3) is 0.455. The summed E-state index contributed by atoms with van der Waals surface area (Å²) in [6.07, 6.45) is 3.36. The first kappa shape index (κ1) is 10.9. The van der Waals surface area contributed by atoms with E-state index < -0.39 is 5.82 Å². The molecule has 2 rings (SSSR count). The van der Waals surface area contributed by atoms with E-state index in [-0.39, 0.29) is 23.3 Å². The molecule has 2 N–H and O–H groups in total. The number of halogens is 1. The van der Waals surface area contributed by atoms with E-state index in [4.69, 9.17) is 5.73 Å². The molecule has 0 aliphatic heterocycles. The third-order valence-corrected chi connectivity index (χ3v) is 2.74. The van der Waals surface area contributed by atoms with Crippen molar-refractivity contribution in [2.24, 2.45) is 0 Å². The minimum Gasteiger partial charge on any atom is -0.381 e. The number of anilines is 1. The van der Waals surface area contributed by atoms with E-state index in [1.165, 1.54) is 12.3 Å². The van der Waals surface area contributed by atoms with Gasteiger partial charge in [-0.15, -0.1) is 0 Å². The lowest BCUT2D eigenvalue weighted by molar-refractivity contribution is 0.0748. The number of carbonyl (C=O) groups is 1. The Balaban J connectivity index is 2.28. The first-order valence-corrected chi connectivity index (χ1v) is 5.36. The van der Waals surface area contributed by atoms with Crippen molar-refractivity contribution in [1.82, 2.24) is 9.88 Å². The summed E-state index contributed by atoms with van der Waals surface area (Å²) in [6, 6.07) is 1.64. The summed E-state index contributed by atoms with van der Waals surface area (Å²) in [7, 11) is 0. The Hall–Kier alpha value is -1.65. The summed E-state index contributed by atoms with van der Waals surface area (Å²) in [4.78, 5) is 17.3. The van der Waals surface area contributed by atoms with E-state index >= 15 is 0 Å². The molecular weight excluding hydrogens is 209 g/mol. The molecule has 1 heterocycles. The third kappa shape index (κ3) is 1.85. The molecule has 0 bridgehead atoms. The van der Waals surface area contributed by atoms with Crippen LogP contribution in [0.15, 0.2) is 12.3 Å². The lowest BCUT2D eigenvalue weighted by Crippen LogP contribution is -2.33. The third-order valence-electron chi connectivity index (χ3n) is 2.74. The van der Waals surface area contributed by atoms with Crippen molar-refractivity contribution in [2.45, 2.75) is 25.8 Å². The molecule has 0 radical (unpaired) electrons. The highest BCUT2D eigenvalue weighted by molar-refractivity contribution is 5.95. The number of amides is 1. The molecule has 1 aliphatic carbocycles. The Kier molecular flexibility index (Phi) is 2.77. The number of pyridine rings is 1. The van der Waals surface area contributed by atoms with Crippen LogP contribution in [0.5, 0.6) is 0 Å². The van der Waals surface area contributed by atoms with Crippen molar-refractivity contribution in [2.75, 3.05) is 12.3 Å². The number of nitrogens with zero attached hydrogens (tertiary/aromatic N) is 2. The maximum absolute atomic E-state index is 13.6. The summed E-state index contributed by atoms with van der Waals surface area (Å²) in [5.41, 5.74) is 5.35. The van der Waals surface area contributed by atoms with Crippen LogP contribution in [0, 0.1) is 5.82 Å². The standard InChI is InChI=1S/C11H14FN3O/c1-2-15(7-3-4-7)11(16)8-5-6-14-10(13)9(8)12/h5-7H,2-4H2,1H3,(H2,13,14). The molecule has 1 fully saturated rings. The van der Waals surface area contributed by atoms with Gasteiger partial charge < -0.3 is 10.6 Å². The van der Waals surface area contributed by atoms with Gasteiger partial charge in [0.1, 0.15) is 0 Å². The van der Waals surface area contributed by atoms with E-state index in [1.807, 2.05) is 6.92 Å². The quantitative estimate of drug-likeness (QED) is 0.843. The molecule has 0 atom stereocenters. The van der Waals surface area contributed by atoms with E-state index in [2.05, 4.69) is 4.98 Å². The molecule has 1 amide bonds. The highest BCUT2D eigenvalue weighted by Crippen LogP contribution is 2.28. The van der Waals surface area contributed by atoms with E-state index in [0.29, 0.717) is 6.54 Å². The molecule has 5 heteroatoms. The largest absolute Gasteiger partial charge is 0.381 e. The van der Waals surface area contributed by atoms with Gasteiger partial charge in [-0.1, -0.05) is 0 Å². The number of aromatic nitrogens is 1. The minimum absolute atomic E-state index is 0.0150. The molecular formula is C11H14FN3O. The number of rotatable bonds is 3. The van der Waals surface area contributed by atoms with Crippen LogP contribution in [0.3, 0.4) is 0 Å². The zero-order valence-electron chi connectivity index (χ0n) is 9.11. The monoisotopic (exact) mass is 223 g/mol. The molecule has 1 aliphatic rings. The van der Waals surface area contributed by atoms with Gasteiger partial charge in [-0.3, -0.25) is 4.79 Å². The minimum atomic E-state index is -0.716. The van der Waals surface area contributed by atoms with Gasteiger partial charge in [-0.05, 0) is 25.8 Å². The van der Waals surface area contributed by atoms with Crippen LogP contribution in [-0.4, -0.2) is 28.4 Å². The summed E-state index contributed by atoms with van der Waals surface area (Å²) < 4.78 is 13.6. The fourth-order valence-electron chi connectivity index (χ4n) is 1.73. The highest BCUT2D eigenvalue weighted by atomic mass is 19.1. The molecule has 16 heavy (non-hydrogen) atoms. The summed E-state index contributed by atoms with van der Waals surface area (Å²) >= 11 is 0. The highest BCUT2D eigenvalue weighted by Gasteiger charge is 2.33. The van der Waals surface area contributed by atoms with Gasteiger partial charge in [-0.25, -0.2) is 9.37 Å². The van der Waals surface area contributed by atoms with Crippen LogP contribution >= 0.6 is 0 Å². The van der Waals surface area contributed by atoms with Crippen LogP contribution < -0.4 is 5.73 Å². The Bertz CT molecular complexity index is 418. The topological polar surface area (TPSA) is 59.2 Å². The molecule has 1 aromatic heterocycles. The van der Waals surface area contributed by atoms with Gasteiger partial charge in [0.15, 0.2) is 11.6 Å². The maximum atomic E-state index is 13.6. The van der Waals surface area contributed by atoms with E-state index in [0.717, 1.165) is 12.8 Å². The molecule has 0 saturated heterocycles. The van der Waals surface area contributed by atoms with Crippen LogP contribution in [0.2, 0.25) is 0 Å². The van der Waals surface area contributed by atoms with Crippen molar-refractivity contribution >= 4 is 11.7 Å². The molecule has 1 aromatic rings. The Labute approximate surface area is 93.3 Å². The average Bonchev–Trinajstić information content (AvgIpc) is 3.07. The van der Waals surface area contributed by atoms with Crippen LogP contribution in [-0.2, 0) is 0 Å². The molecule has 0 spiro atoms. The molecule has 1 saturated carbocycles. The van der Waals surface area contributed by atoms with Crippen molar-refractivity contribution in [3.63, 3.8) is 0 Å². The molecule has 86 valence electrons. The fourth-order valence-corrected chi connectivity index (χ4v) is 1.73. The Morgan fingerprint density at radius 3 is 2.94 bits per heavy atom. The number of hydrogen-bond donors (Lipinski definition) is 1. The number of hydrogen-bond acceptors (Lipinski definition) is 3. The predicted molar refractivity (Wildman–Crippen MR) is 58.3 cm³/mol. The van der Waals surface area contributed by atoms with Crippen LogP contribution in [0.1, 0.15) is 30.1 Å². The Morgan fingerprint density at radius 1 is 1.69 bits per heavy atom. The average molecular weight is 223 g/mol. The van der Waals surface area contributed by atoms with E-state index in [9.17, 15) is 9.18 Å². The molecule has 0 aromatic carbocycles. The second-order valence-electron chi connectivity index (χ2n) is 3.88. The zero-order chi connectivity index (χ0) is 11.7. The van der Waals surface area contributed by atoms with Gasteiger partial charge in [-0.2, -0.15) is 0 Å². The summed E-state index contributed by atoms with van der Waals surface area (Å²) in [6.45, 7) is 2.48. The van der Waals surface area contributed by atoms with Crippen molar-refractivity contribution in [3.8, 4) is 0 Å². The molecule has 4 nitrogen and oxygen atoms in total. The lowest BCUT2D eigenvalue weighted by Gasteiger charge is -2.20. The summed E-state index contributed by atoms with van der Waals surface area (Å²) in [5.74, 6) is -1.24. The predicted octanol–water partition coefficient (Wildman–Crippen LogP) is 1.43. The van der Waals surface area contributed by atoms with Crippen LogP contribution in [0.4, 0.5) is 10.2 Å². The van der Waals surface area contributed by atoms with E-state index in [1.54, 1.807) is 4.90 Å². The normalized spacial score (nSPS) is 14.9. The van der Waals surface area contributed by atoms with Crippen molar-refractivity contribution < 1.29 is 9.18 Å². The first-order valence-electron chi connectivity index (χ1n) is 5.36. The Morgan fingerprint density at radius 2 is 2.38 bits per heavy atom. The number of nitrogen functional groups attached to an aromatic ring is 1. The van der Waals surface area contributed by atoms with Gasteiger partial charge in [0.05, 0.1) is 5.56 Å². The number of nitrogens with two attached hydrogens (primary N) is 1. The van der Waals surface area contributed by atoms with Crippen LogP contribution in [0.25, 0.3) is 0 Å². The van der Waals surface area contributed by atoms with Gasteiger partial charge in [0.2, 0.25) is 0 Å². The second kappa shape index (κ2) is 4.08.